The zero-order chi connectivity index (χ0) is 14.2. The maximum atomic E-state index is 6.30. The van der Waals surface area contributed by atoms with Crippen molar-refractivity contribution in [3.63, 3.8) is 0 Å². The van der Waals surface area contributed by atoms with Gasteiger partial charge < -0.3 is 4.57 Å². The molecule has 0 bridgehead atoms. The summed E-state index contributed by atoms with van der Waals surface area (Å²) in [5.74, 6) is 1.57. The summed E-state index contributed by atoms with van der Waals surface area (Å²) in [6, 6.07) is 8.26. The fourth-order valence-corrected chi connectivity index (χ4v) is 2.32. The van der Waals surface area contributed by atoms with Crippen LogP contribution >= 0.6 is 11.6 Å². The summed E-state index contributed by atoms with van der Waals surface area (Å²) in [5.41, 5.74) is 2.42. The average Bonchev–Trinajstić information content (AvgIpc) is 2.68. The molecule has 1 heterocycles. The number of para-hydroxylation sites is 2. The Hall–Kier alpha value is -1.02. The molecule has 104 valence electrons. The first-order chi connectivity index (χ1) is 8.83. The third-order valence-electron chi connectivity index (χ3n) is 4.17. The SMILES string of the molecule is CC(Cl)c1nc2ccccc2n1CC(C)(C)C(C)C. The third kappa shape index (κ3) is 2.79. The number of aromatic nitrogens is 2. The number of benzene rings is 1. The van der Waals surface area contributed by atoms with Crippen LogP contribution in [0.25, 0.3) is 11.0 Å². The molecule has 2 nitrogen and oxygen atoms in total. The Kier molecular flexibility index (Phi) is 3.91. The summed E-state index contributed by atoms with van der Waals surface area (Å²) in [5, 5.41) is -0.0737. The van der Waals surface area contributed by atoms with Crippen LogP contribution in [-0.2, 0) is 6.54 Å². The molecule has 1 aromatic heterocycles. The molecule has 0 aliphatic heterocycles. The number of hydrogen-bond donors (Lipinski definition) is 0. The highest BCUT2D eigenvalue weighted by Crippen LogP contribution is 2.32. The molecule has 19 heavy (non-hydrogen) atoms. The topological polar surface area (TPSA) is 17.8 Å². The minimum Gasteiger partial charge on any atom is -0.326 e. The number of imidazole rings is 1. The minimum atomic E-state index is -0.0737. The van der Waals surface area contributed by atoms with Crippen molar-refractivity contribution in [3.05, 3.63) is 30.1 Å². The Labute approximate surface area is 120 Å². The number of halogens is 1. The van der Waals surface area contributed by atoms with Crippen LogP contribution in [0.5, 0.6) is 0 Å². The zero-order valence-corrected chi connectivity index (χ0v) is 13.2. The van der Waals surface area contributed by atoms with E-state index >= 15 is 0 Å². The second-order valence-corrected chi connectivity index (χ2v) is 6.96. The Morgan fingerprint density at radius 1 is 1.21 bits per heavy atom. The van der Waals surface area contributed by atoms with E-state index < -0.39 is 0 Å². The van der Waals surface area contributed by atoms with Gasteiger partial charge >= 0.3 is 0 Å². The molecule has 0 fully saturated rings. The molecule has 2 rings (SSSR count). The molecule has 0 N–H and O–H groups in total. The van der Waals surface area contributed by atoms with Crippen LogP contribution in [0.1, 0.15) is 45.8 Å². The fourth-order valence-electron chi connectivity index (χ4n) is 2.15. The predicted octanol–water partition coefficient (Wildman–Crippen LogP) is 5.02. The van der Waals surface area contributed by atoms with Gasteiger partial charge in [-0.3, -0.25) is 0 Å². The lowest BCUT2D eigenvalue weighted by Crippen LogP contribution is -2.26. The quantitative estimate of drug-likeness (QED) is 0.718. The second-order valence-electron chi connectivity index (χ2n) is 6.30. The molecule has 2 aromatic rings. The van der Waals surface area contributed by atoms with Crippen molar-refractivity contribution in [1.82, 2.24) is 9.55 Å². The van der Waals surface area contributed by atoms with E-state index in [0.29, 0.717) is 5.92 Å². The largest absolute Gasteiger partial charge is 0.326 e. The maximum Gasteiger partial charge on any atom is 0.127 e. The average molecular weight is 279 g/mol. The van der Waals surface area contributed by atoms with Crippen molar-refractivity contribution in [3.8, 4) is 0 Å². The smallest absolute Gasteiger partial charge is 0.127 e. The van der Waals surface area contributed by atoms with Crippen LogP contribution in [-0.4, -0.2) is 9.55 Å². The number of nitrogens with zero attached hydrogens (tertiary/aromatic N) is 2. The number of alkyl halides is 1. The van der Waals surface area contributed by atoms with E-state index in [2.05, 4.69) is 55.4 Å². The zero-order valence-electron chi connectivity index (χ0n) is 12.4. The first-order valence-electron chi connectivity index (χ1n) is 6.92. The lowest BCUT2D eigenvalue weighted by Gasteiger charge is -2.31. The summed E-state index contributed by atoms with van der Waals surface area (Å²) < 4.78 is 2.28. The van der Waals surface area contributed by atoms with E-state index in [4.69, 9.17) is 11.6 Å². The molecule has 1 aromatic carbocycles. The third-order valence-corrected chi connectivity index (χ3v) is 4.36. The van der Waals surface area contributed by atoms with Crippen molar-refractivity contribution in [2.24, 2.45) is 11.3 Å². The molecule has 0 saturated carbocycles. The van der Waals surface area contributed by atoms with Crippen LogP contribution < -0.4 is 0 Å². The highest BCUT2D eigenvalue weighted by Gasteiger charge is 2.26. The summed E-state index contributed by atoms with van der Waals surface area (Å²) in [6.07, 6.45) is 0. The highest BCUT2D eigenvalue weighted by atomic mass is 35.5. The summed E-state index contributed by atoms with van der Waals surface area (Å²) >= 11 is 6.30. The van der Waals surface area contributed by atoms with Crippen molar-refractivity contribution >= 4 is 22.6 Å². The van der Waals surface area contributed by atoms with Gasteiger partial charge in [-0.05, 0) is 30.4 Å². The Morgan fingerprint density at radius 3 is 2.42 bits per heavy atom. The van der Waals surface area contributed by atoms with Gasteiger partial charge in [0, 0.05) is 6.54 Å². The van der Waals surface area contributed by atoms with E-state index in [9.17, 15) is 0 Å². The van der Waals surface area contributed by atoms with Gasteiger partial charge in [-0.15, -0.1) is 11.6 Å². The summed E-state index contributed by atoms with van der Waals surface area (Å²) in [7, 11) is 0. The van der Waals surface area contributed by atoms with Gasteiger partial charge in [-0.1, -0.05) is 39.8 Å². The Bertz CT molecular complexity index is 567. The lowest BCUT2D eigenvalue weighted by atomic mass is 9.81. The van der Waals surface area contributed by atoms with E-state index in [-0.39, 0.29) is 10.8 Å². The van der Waals surface area contributed by atoms with Crippen LogP contribution in [0.3, 0.4) is 0 Å². The van der Waals surface area contributed by atoms with E-state index in [1.807, 2.05) is 13.0 Å². The summed E-state index contributed by atoms with van der Waals surface area (Å²) in [4.78, 5) is 4.69. The van der Waals surface area contributed by atoms with E-state index in [0.717, 1.165) is 17.9 Å². The van der Waals surface area contributed by atoms with E-state index in [1.165, 1.54) is 5.52 Å². The van der Waals surface area contributed by atoms with Gasteiger partial charge in [0.1, 0.15) is 5.82 Å². The predicted molar refractivity (Wildman–Crippen MR) is 82.6 cm³/mol. The van der Waals surface area contributed by atoms with Crippen molar-refractivity contribution in [2.75, 3.05) is 0 Å². The molecule has 0 amide bonds. The van der Waals surface area contributed by atoms with Crippen LogP contribution in [0.15, 0.2) is 24.3 Å². The number of rotatable bonds is 4. The van der Waals surface area contributed by atoms with Gasteiger partial charge in [-0.2, -0.15) is 0 Å². The fraction of sp³-hybridized carbons (Fsp3) is 0.562. The first kappa shape index (κ1) is 14.4. The minimum absolute atomic E-state index is 0.0737. The first-order valence-corrected chi connectivity index (χ1v) is 7.36. The normalized spacial score (nSPS) is 14.3. The molecule has 0 aliphatic carbocycles. The molecule has 0 radical (unpaired) electrons. The van der Waals surface area contributed by atoms with Gasteiger partial charge in [0.05, 0.1) is 16.4 Å². The standard InChI is InChI=1S/C16H23ClN2/c1-11(2)16(4,5)10-19-14-9-7-6-8-13(14)18-15(19)12(3)17/h6-9,11-12H,10H2,1-5H3. The lowest BCUT2D eigenvalue weighted by molar-refractivity contribution is 0.210. The molecular formula is C16H23ClN2. The molecule has 1 atom stereocenters. The summed E-state index contributed by atoms with van der Waals surface area (Å²) in [6.45, 7) is 12.1. The van der Waals surface area contributed by atoms with E-state index in [1.54, 1.807) is 0 Å². The Morgan fingerprint density at radius 2 is 1.84 bits per heavy atom. The van der Waals surface area contributed by atoms with Crippen LogP contribution in [0.4, 0.5) is 0 Å². The molecular weight excluding hydrogens is 256 g/mol. The monoisotopic (exact) mass is 278 g/mol. The second kappa shape index (κ2) is 5.16. The maximum absolute atomic E-state index is 6.30. The van der Waals surface area contributed by atoms with Gasteiger partial charge in [-0.25, -0.2) is 4.98 Å². The molecule has 1 unspecified atom stereocenters. The van der Waals surface area contributed by atoms with Gasteiger partial charge in [0.25, 0.3) is 0 Å². The van der Waals surface area contributed by atoms with Crippen molar-refractivity contribution in [1.29, 1.82) is 0 Å². The number of fused-ring (bicyclic) bond motifs is 1. The Balaban J connectivity index is 2.54. The van der Waals surface area contributed by atoms with Crippen molar-refractivity contribution < 1.29 is 0 Å². The van der Waals surface area contributed by atoms with Crippen LogP contribution in [0.2, 0.25) is 0 Å². The van der Waals surface area contributed by atoms with Crippen molar-refractivity contribution in [2.45, 2.75) is 46.5 Å². The van der Waals surface area contributed by atoms with Gasteiger partial charge in [0.15, 0.2) is 0 Å². The highest BCUT2D eigenvalue weighted by molar-refractivity contribution is 6.20. The molecule has 0 spiro atoms. The molecule has 3 heteroatoms. The van der Waals surface area contributed by atoms with Crippen LogP contribution in [0, 0.1) is 11.3 Å². The number of hydrogen-bond acceptors (Lipinski definition) is 1. The molecule has 0 saturated heterocycles. The molecule has 0 aliphatic rings. The van der Waals surface area contributed by atoms with Gasteiger partial charge in [0.2, 0.25) is 0 Å².